The highest BCUT2D eigenvalue weighted by Gasteiger charge is 2.23. The Morgan fingerprint density at radius 1 is 1.36 bits per heavy atom. The van der Waals surface area contributed by atoms with Crippen molar-refractivity contribution in [3.8, 4) is 0 Å². The summed E-state index contributed by atoms with van der Waals surface area (Å²) in [6.45, 7) is 7.19. The van der Waals surface area contributed by atoms with Gasteiger partial charge in [-0.25, -0.2) is 4.39 Å². The van der Waals surface area contributed by atoms with Gasteiger partial charge in [0.05, 0.1) is 5.60 Å². The van der Waals surface area contributed by atoms with E-state index >= 15 is 0 Å². The first-order valence-electron chi connectivity index (χ1n) is 4.81. The number of aryl methyl sites for hydroxylation is 1. The molecule has 2 heteroatoms. The SMILES string of the molecule is Cc1cc([C@H](C)C(C)(C)O)ccc1F. The molecule has 0 heterocycles. The molecule has 0 saturated heterocycles. The molecule has 0 aliphatic rings. The molecule has 78 valence electrons. The van der Waals surface area contributed by atoms with Gasteiger partial charge in [-0.2, -0.15) is 0 Å². The number of halogens is 1. The first kappa shape index (κ1) is 11.2. The van der Waals surface area contributed by atoms with Crippen LogP contribution in [0.3, 0.4) is 0 Å². The van der Waals surface area contributed by atoms with E-state index in [1.165, 1.54) is 6.07 Å². The average Bonchev–Trinajstić information content (AvgIpc) is 2.07. The molecule has 1 aromatic carbocycles. The Balaban J connectivity index is 3.03. The summed E-state index contributed by atoms with van der Waals surface area (Å²) in [4.78, 5) is 0. The zero-order valence-electron chi connectivity index (χ0n) is 9.13. The minimum absolute atomic E-state index is 0.00167. The van der Waals surface area contributed by atoms with Crippen molar-refractivity contribution < 1.29 is 9.50 Å². The van der Waals surface area contributed by atoms with E-state index in [1.807, 2.05) is 6.92 Å². The zero-order chi connectivity index (χ0) is 10.9. The van der Waals surface area contributed by atoms with Gasteiger partial charge in [0.1, 0.15) is 5.82 Å². The van der Waals surface area contributed by atoms with E-state index in [4.69, 9.17) is 0 Å². The van der Waals surface area contributed by atoms with Gasteiger partial charge in [-0.3, -0.25) is 0 Å². The third kappa shape index (κ3) is 2.32. The highest BCUT2D eigenvalue weighted by molar-refractivity contribution is 5.27. The van der Waals surface area contributed by atoms with Gasteiger partial charge in [-0.1, -0.05) is 19.1 Å². The molecular formula is C12H17FO. The predicted octanol–water partition coefficient (Wildman–Crippen LogP) is 3.01. The van der Waals surface area contributed by atoms with Gasteiger partial charge in [0, 0.05) is 5.92 Å². The molecule has 0 saturated carbocycles. The maximum Gasteiger partial charge on any atom is 0.126 e. The second-order valence-corrected chi connectivity index (χ2v) is 4.38. The molecule has 0 amide bonds. The Kier molecular flexibility index (Phi) is 2.95. The maximum absolute atomic E-state index is 13.0. The van der Waals surface area contributed by atoms with Crippen molar-refractivity contribution in [2.75, 3.05) is 0 Å². The monoisotopic (exact) mass is 196 g/mol. The summed E-state index contributed by atoms with van der Waals surface area (Å²) in [5.74, 6) is -0.196. The van der Waals surface area contributed by atoms with Gasteiger partial charge in [0.25, 0.3) is 0 Å². The average molecular weight is 196 g/mol. The minimum atomic E-state index is -0.774. The Hall–Kier alpha value is -0.890. The minimum Gasteiger partial charge on any atom is -0.390 e. The standard InChI is InChI=1S/C12H17FO/c1-8-7-10(5-6-11(8)13)9(2)12(3,4)14/h5-7,9,14H,1-4H3/t9-/m0/s1. The lowest BCUT2D eigenvalue weighted by atomic mass is 9.86. The second kappa shape index (κ2) is 3.70. The topological polar surface area (TPSA) is 20.2 Å². The lowest BCUT2D eigenvalue weighted by Crippen LogP contribution is -2.26. The van der Waals surface area contributed by atoms with Crippen molar-refractivity contribution in [1.29, 1.82) is 0 Å². The van der Waals surface area contributed by atoms with Crippen molar-refractivity contribution in [2.45, 2.75) is 39.2 Å². The Morgan fingerprint density at radius 3 is 2.36 bits per heavy atom. The fourth-order valence-electron chi connectivity index (χ4n) is 1.35. The van der Waals surface area contributed by atoms with Crippen molar-refractivity contribution >= 4 is 0 Å². The Labute approximate surface area is 84.6 Å². The molecular weight excluding hydrogens is 179 g/mol. The highest BCUT2D eigenvalue weighted by Crippen LogP contribution is 2.28. The summed E-state index contributed by atoms with van der Waals surface area (Å²) in [6, 6.07) is 4.97. The van der Waals surface area contributed by atoms with Crippen LogP contribution in [0.15, 0.2) is 18.2 Å². The van der Waals surface area contributed by atoms with Gasteiger partial charge in [-0.15, -0.1) is 0 Å². The van der Waals surface area contributed by atoms with Crippen LogP contribution >= 0.6 is 0 Å². The first-order valence-corrected chi connectivity index (χ1v) is 4.81. The zero-order valence-corrected chi connectivity index (χ0v) is 9.13. The summed E-state index contributed by atoms with van der Waals surface area (Å²) in [5.41, 5.74) is 0.819. The van der Waals surface area contributed by atoms with Crippen LogP contribution in [-0.2, 0) is 0 Å². The van der Waals surface area contributed by atoms with Crippen LogP contribution in [0.4, 0.5) is 4.39 Å². The lowest BCUT2D eigenvalue weighted by molar-refractivity contribution is 0.0558. The molecule has 14 heavy (non-hydrogen) atoms. The van der Waals surface area contributed by atoms with E-state index in [0.29, 0.717) is 5.56 Å². The van der Waals surface area contributed by atoms with Crippen molar-refractivity contribution in [2.24, 2.45) is 0 Å². The molecule has 0 fully saturated rings. The number of rotatable bonds is 2. The first-order chi connectivity index (χ1) is 6.32. The number of hydrogen-bond acceptors (Lipinski definition) is 1. The van der Waals surface area contributed by atoms with E-state index < -0.39 is 5.60 Å². The molecule has 1 nitrogen and oxygen atoms in total. The van der Waals surface area contributed by atoms with Crippen LogP contribution in [-0.4, -0.2) is 10.7 Å². The molecule has 0 aromatic heterocycles. The summed E-state index contributed by atoms with van der Waals surface area (Å²) in [7, 11) is 0. The van der Waals surface area contributed by atoms with Crippen molar-refractivity contribution in [1.82, 2.24) is 0 Å². The summed E-state index contributed by atoms with van der Waals surface area (Å²) >= 11 is 0. The number of aliphatic hydroxyl groups is 1. The fourth-order valence-corrected chi connectivity index (χ4v) is 1.35. The summed E-state index contributed by atoms with van der Waals surface area (Å²) < 4.78 is 13.0. The number of benzene rings is 1. The van der Waals surface area contributed by atoms with Crippen molar-refractivity contribution in [3.63, 3.8) is 0 Å². The van der Waals surface area contributed by atoms with Crippen LogP contribution in [0.2, 0.25) is 0 Å². The van der Waals surface area contributed by atoms with Crippen molar-refractivity contribution in [3.05, 3.63) is 35.1 Å². The van der Waals surface area contributed by atoms with E-state index in [9.17, 15) is 9.50 Å². The molecule has 0 aliphatic heterocycles. The van der Waals surface area contributed by atoms with E-state index in [0.717, 1.165) is 5.56 Å². The van der Waals surface area contributed by atoms with Gasteiger partial charge in [-0.05, 0) is 38.0 Å². The van der Waals surface area contributed by atoms with E-state index in [1.54, 1.807) is 32.9 Å². The van der Waals surface area contributed by atoms with Crippen LogP contribution in [0.5, 0.6) is 0 Å². The highest BCUT2D eigenvalue weighted by atomic mass is 19.1. The third-order valence-electron chi connectivity index (χ3n) is 2.74. The maximum atomic E-state index is 13.0. The van der Waals surface area contributed by atoms with Gasteiger partial charge >= 0.3 is 0 Å². The second-order valence-electron chi connectivity index (χ2n) is 4.38. The van der Waals surface area contributed by atoms with Crippen LogP contribution in [0.25, 0.3) is 0 Å². The summed E-state index contributed by atoms with van der Waals surface area (Å²) in [5, 5.41) is 9.81. The van der Waals surface area contributed by atoms with E-state index in [2.05, 4.69) is 0 Å². The molecule has 0 radical (unpaired) electrons. The summed E-state index contributed by atoms with van der Waals surface area (Å²) in [6.07, 6.45) is 0. The normalized spacial score (nSPS) is 14.1. The Bertz CT molecular complexity index is 326. The van der Waals surface area contributed by atoms with Crippen LogP contribution in [0.1, 0.15) is 37.8 Å². The van der Waals surface area contributed by atoms with Crippen LogP contribution in [0, 0.1) is 12.7 Å². The Morgan fingerprint density at radius 2 is 1.93 bits per heavy atom. The lowest BCUT2D eigenvalue weighted by Gasteiger charge is -2.26. The fraction of sp³-hybridized carbons (Fsp3) is 0.500. The molecule has 0 aliphatic carbocycles. The van der Waals surface area contributed by atoms with Crippen LogP contribution < -0.4 is 0 Å². The van der Waals surface area contributed by atoms with Gasteiger partial charge < -0.3 is 5.11 Å². The smallest absolute Gasteiger partial charge is 0.126 e. The van der Waals surface area contributed by atoms with Gasteiger partial charge in [0.2, 0.25) is 0 Å². The third-order valence-corrected chi connectivity index (χ3v) is 2.74. The predicted molar refractivity (Wildman–Crippen MR) is 55.8 cm³/mol. The molecule has 0 bridgehead atoms. The quantitative estimate of drug-likeness (QED) is 0.771. The molecule has 0 spiro atoms. The number of hydrogen-bond donors (Lipinski definition) is 1. The molecule has 1 aromatic rings. The van der Waals surface area contributed by atoms with Gasteiger partial charge in [0.15, 0.2) is 0 Å². The molecule has 1 rings (SSSR count). The van der Waals surface area contributed by atoms with E-state index in [-0.39, 0.29) is 11.7 Å². The molecule has 1 atom stereocenters. The molecule has 1 N–H and O–H groups in total. The largest absolute Gasteiger partial charge is 0.390 e. The molecule has 0 unspecified atom stereocenters.